The van der Waals surface area contributed by atoms with Crippen molar-refractivity contribution in [3.8, 4) is 0 Å². The van der Waals surface area contributed by atoms with Crippen molar-refractivity contribution in [1.82, 2.24) is 14.9 Å². The third-order valence-electron chi connectivity index (χ3n) is 2.43. The van der Waals surface area contributed by atoms with Crippen molar-refractivity contribution in [2.75, 3.05) is 36.1 Å². The van der Waals surface area contributed by atoms with Crippen LogP contribution in [-0.2, 0) is 4.79 Å². The van der Waals surface area contributed by atoms with Crippen LogP contribution in [0.25, 0.3) is 0 Å². The van der Waals surface area contributed by atoms with Gasteiger partial charge in [-0.1, -0.05) is 0 Å². The maximum Gasteiger partial charge on any atom is 0.241 e. The third kappa shape index (κ3) is 3.74. The molecule has 18 heavy (non-hydrogen) atoms. The smallest absolute Gasteiger partial charge is 0.241 e. The molecule has 0 aliphatic heterocycles. The fraction of sp³-hybridized carbons (Fsp3) is 0.500. The van der Waals surface area contributed by atoms with Crippen LogP contribution in [0.15, 0.2) is 6.07 Å². The summed E-state index contributed by atoms with van der Waals surface area (Å²) < 4.78 is 0. The number of amides is 1. The van der Waals surface area contributed by atoms with Gasteiger partial charge >= 0.3 is 0 Å². The Kier molecular flexibility index (Phi) is 5.12. The summed E-state index contributed by atoms with van der Waals surface area (Å²) in [4.78, 5) is 21.3. The van der Waals surface area contributed by atoms with E-state index >= 15 is 0 Å². The fourth-order valence-corrected chi connectivity index (χ4v) is 1.48. The molecule has 0 aromatic carbocycles. The number of anilines is 3. The van der Waals surface area contributed by atoms with Gasteiger partial charge in [0.05, 0.1) is 6.54 Å². The zero-order valence-electron chi connectivity index (χ0n) is 10.6. The van der Waals surface area contributed by atoms with Gasteiger partial charge in [-0.05, 0) is 13.8 Å². The van der Waals surface area contributed by atoms with Crippen LogP contribution < -0.4 is 22.3 Å². The highest BCUT2D eigenvalue weighted by molar-refractivity contribution is 5.80. The SMILES string of the molecule is CCN(CC)C(=O)CNc1cc(NN)nc(N)n1. The number of carbonyl (C=O) groups excluding carboxylic acids is 1. The first-order valence-electron chi connectivity index (χ1n) is 5.73. The number of carbonyl (C=O) groups is 1. The molecular formula is C10H19N7O. The summed E-state index contributed by atoms with van der Waals surface area (Å²) in [6.45, 7) is 5.38. The van der Waals surface area contributed by atoms with Gasteiger partial charge in [-0.2, -0.15) is 9.97 Å². The molecule has 0 unspecified atom stereocenters. The summed E-state index contributed by atoms with van der Waals surface area (Å²) in [5, 5.41) is 2.89. The molecule has 0 fully saturated rings. The lowest BCUT2D eigenvalue weighted by atomic mass is 10.4. The molecule has 0 atom stereocenters. The number of hydrogen-bond acceptors (Lipinski definition) is 7. The van der Waals surface area contributed by atoms with Crippen LogP contribution in [-0.4, -0.2) is 40.4 Å². The van der Waals surface area contributed by atoms with Gasteiger partial charge in [0, 0.05) is 19.2 Å². The zero-order chi connectivity index (χ0) is 13.5. The Balaban J connectivity index is 2.63. The molecule has 0 saturated carbocycles. The average molecular weight is 253 g/mol. The molecule has 0 aliphatic rings. The summed E-state index contributed by atoms with van der Waals surface area (Å²) in [6, 6.07) is 1.58. The van der Waals surface area contributed by atoms with Gasteiger partial charge in [-0.3, -0.25) is 4.79 Å². The van der Waals surface area contributed by atoms with Crippen molar-refractivity contribution in [1.29, 1.82) is 0 Å². The molecule has 1 rings (SSSR count). The number of nitrogens with zero attached hydrogens (tertiary/aromatic N) is 3. The van der Waals surface area contributed by atoms with E-state index in [4.69, 9.17) is 11.6 Å². The number of aromatic nitrogens is 2. The molecule has 0 saturated heterocycles. The molecule has 6 N–H and O–H groups in total. The van der Waals surface area contributed by atoms with E-state index in [1.54, 1.807) is 11.0 Å². The minimum Gasteiger partial charge on any atom is -0.368 e. The highest BCUT2D eigenvalue weighted by Gasteiger charge is 2.09. The van der Waals surface area contributed by atoms with Crippen molar-refractivity contribution in [2.24, 2.45) is 5.84 Å². The van der Waals surface area contributed by atoms with Gasteiger partial charge in [-0.15, -0.1) is 0 Å². The standard InChI is InChI=1S/C10H19N7O/c1-3-17(4-2)9(18)6-13-7-5-8(16-12)15-10(11)14-7/h5H,3-4,6,12H2,1-2H3,(H4,11,13,14,15,16). The molecule has 0 radical (unpaired) electrons. The number of likely N-dealkylation sites (N-methyl/N-ethyl adjacent to an activating group) is 1. The van der Waals surface area contributed by atoms with Gasteiger partial charge in [0.2, 0.25) is 11.9 Å². The second-order valence-corrected chi connectivity index (χ2v) is 3.56. The zero-order valence-corrected chi connectivity index (χ0v) is 10.6. The predicted molar refractivity (Wildman–Crippen MR) is 70.7 cm³/mol. The van der Waals surface area contributed by atoms with Crippen LogP contribution in [0.5, 0.6) is 0 Å². The lowest BCUT2D eigenvalue weighted by Crippen LogP contribution is -2.35. The summed E-state index contributed by atoms with van der Waals surface area (Å²) >= 11 is 0. The van der Waals surface area contributed by atoms with Crippen molar-refractivity contribution >= 4 is 23.5 Å². The Hall–Kier alpha value is -2.09. The Morgan fingerprint density at radius 2 is 1.94 bits per heavy atom. The molecule has 100 valence electrons. The van der Waals surface area contributed by atoms with Crippen LogP contribution in [0.1, 0.15) is 13.8 Å². The molecule has 1 aromatic heterocycles. The average Bonchev–Trinajstić information content (AvgIpc) is 2.37. The molecule has 0 bridgehead atoms. The Morgan fingerprint density at radius 3 is 2.50 bits per heavy atom. The van der Waals surface area contributed by atoms with Crippen LogP contribution in [0.2, 0.25) is 0 Å². The lowest BCUT2D eigenvalue weighted by molar-refractivity contribution is -0.128. The lowest BCUT2D eigenvalue weighted by Gasteiger charge is -2.18. The van der Waals surface area contributed by atoms with E-state index in [0.29, 0.717) is 24.7 Å². The molecule has 1 aromatic rings. The van der Waals surface area contributed by atoms with E-state index < -0.39 is 0 Å². The first-order valence-corrected chi connectivity index (χ1v) is 5.73. The van der Waals surface area contributed by atoms with Crippen molar-refractivity contribution in [2.45, 2.75) is 13.8 Å². The summed E-state index contributed by atoms with van der Waals surface area (Å²) in [5.74, 6) is 6.17. The third-order valence-corrected chi connectivity index (χ3v) is 2.43. The highest BCUT2D eigenvalue weighted by Crippen LogP contribution is 2.10. The topological polar surface area (TPSA) is 122 Å². The summed E-state index contributed by atoms with van der Waals surface area (Å²) in [6.07, 6.45) is 0. The van der Waals surface area contributed by atoms with E-state index in [-0.39, 0.29) is 18.4 Å². The van der Waals surface area contributed by atoms with E-state index in [0.717, 1.165) is 0 Å². The van der Waals surface area contributed by atoms with Crippen LogP contribution in [0.4, 0.5) is 17.6 Å². The van der Waals surface area contributed by atoms with E-state index in [1.165, 1.54) is 0 Å². The Morgan fingerprint density at radius 1 is 1.33 bits per heavy atom. The number of rotatable bonds is 6. The molecule has 8 nitrogen and oxygen atoms in total. The molecule has 0 spiro atoms. The molecule has 1 amide bonds. The van der Waals surface area contributed by atoms with Crippen LogP contribution in [0.3, 0.4) is 0 Å². The quantitative estimate of drug-likeness (QED) is 0.403. The van der Waals surface area contributed by atoms with Crippen LogP contribution in [0, 0.1) is 0 Å². The van der Waals surface area contributed by atoms with Gasteiger partial charge in [0.1, 0.15) is 11.6 Å². The minimum atomic E-state index is -0.000517. The molecule has 1 heterocycles. The van der Waals surface area contributed by atoms with Crippen molar-refractivity contribution < 1.29 is 4.79 Å². The number of nitrogens with one attached hydrogen (secondary N) is 2. The number of hydrazine groups is 1. The van der Waals surface area contributed by atoms with Gasteiger partial charge in [0.15, 0.2) is 0 Å². The van der Waals surface area contributed by atoms with Gasteiger partial charge in [0.25, 0.3) is 0 Å². The monoisotopic (exact) mass is 253 g/mol. The number of hydrogen-bond donors (Lipinski definition) is 4. The molecular weight excluding hydrogens is 234 g/mol. The maximum absolute atomic E-state index is 11.8. The van der Waals surface area contributed by atoms with E-state index in [1.807, 2.05) is 13.8 Å². The second kappa shape index (κ2) is 6.60. The Labute approximate surface area is 106 Å². The number of nitrogens with two attached hydrogens (primary N) is 2. The largest absolute Gasteiger partial charge is 0.368 e. The maximum atomic E-state index is 11.8. The first-order chi connectivity index (χ1) is 8.60. The first kappa shape index (κ1) is 14.0. The summed E-state index contributed by atoms with van der Waals surface area (Å²) in [7, 11) is 0. The van der Waals surface area contributed by atoms with E-state index in [9.17, 15) is 4.79 Å². The minimum absolute atomic E-state index is 0.000517. The van der Waals surface area contributed by atoms with E-state index in [2.05, 4.69) is 20.7 Å². The van der Waals surface area contributed by atoms with Gasteiger partial charge < -0.3 is 21.4 Å². The Bertz CT molecular complexity index is 405. The van der Waals surface area contributed by atoms with Gasteiger partial charge in [-0.25, -0.2) is 5.84 Å². The van der Waals surface area contributed by atoms with Crippen LogP contribution >= 0.6 is 0 Å². The number of nitrogen functional groups attached to an aromatic ring is 2. The van der Waals surface area contributed by atoms with Crippen molar-refractivity contribution in [3.63, 3.8) is 0 Å². The van der Waals surface area contributed by atoms with Crippen molar-refractivity contribution in [3.05, 3.63) is 6.07 Å². The second-order valence-electron chi connectivity index (χ2n) is 3.56. The fourth-order valence-electron chi connectivity index (χ4n) is 1.48. The summed E-state index contributed by atoms with van der Waals surface area (Å²) in [5.41, 5.74) is 7.87. The molecule has 0 aliphatic carbocycles. The highest BCUT2D eigenvalue weighted by atomic mass is 16.2. The molecule has 8 heteroatoms. The predicted octanol–water partition coefficient (Wildman–Crippen LogP) is -0.375. The normalized spacial score (nSPS) is 9.94.